The molecule has 0 aliphatic carbocycles. The highest BCUT2D eigenvalue weighted by Crippen LogP contribution is 2.44. The SMILES string of the molecule is COc1cccc(COP(Oc2ccccc2C=O)Oc2ccccc2C=O)c1O. The van der Waals surface area contributed by atoms with Gasteiger partial charge in [0.05, 0.1) is 24.8 Å². The van der Waals surface area contributed by atoms with Crippen molar-refractivity contribution in [3.05, 3.63) is 83.4 Å². The molecule has 154 valence electrons. The van der Waals surface area contributed by atoms with Crippen molar-refractivity contribution in [3.8, 4) is 23.0 Å². The third-order valence-electron chi connectivity index (χ3n) is 4.07. The van der Waals surface area contributed by atoms with Crippen LogP contribution in [-0.4, -0.2) is 24.8 Å². The molecule has 0 aliphatic heterocycles. The zero-order valence-electron chi connectivity index (χ0n) is 16.1. The van der Waals surface area contributed by atoms with E-state index in [9.17, 15) is 14.7 Å². The number of hydrogen-bond acceptors (Lipinski definition) is 7. The summed E-state index contributed by atoms with van der Waals surface area (Å²) >= 11 is 0. The number of aromatic hydroxyl groups is 1. The third-order valence-corrected chi connectivity index (χ3v) is 5.10. The summed E-state index contributed by atoms with van der Waals surface area (Å²) in [7, 11) is -0.627. The van der Waals surface area contributed by atoms with Gasteiger partial charge >= 0.3 is 8.60 Å². The molecule has 0 saturated carbocycles. The van der Waals surface area contributed by atoms with Crippen LogP contribution in [0.3, 0.4) is 0 Å². The Balaban J connectivity index is 1.85. The minimum Gasteiger partial charge on any atom is -0.504 e. The molecule has 0 radical (unpaired) electrons. The highest BCUT2D eigenvalue weighted by Gasteiger charge is 2.22. The minimum absolute atomic E-state index is 0.0543. The standard InChI is InChI=1S/C22H19O7P/c1-26-21-12-6-9-18(22(21)25)15-27-30(28-19-10-4-2-7-16(19)13-23)29-20-11-5-3-8-17(20)14-24/h2-14,25H,15H2,1H3. The number of benzene rings is 3. The molecule has 0 bridgehead atoms. The van der Waals surface area contributed by atoms with Crippen LogP contribution in [0.5, 0.6) is 23.0 Å². The second-order valence-corrected chi connectivity index (χ2v) is 7.03. The van der Waals surface area contributed by atoms with Gasteiger partial charge in [0.1, 0.15) is 11.5 Å². The van der Waals surface area contributed by atoms with E-state index in [1.165, 1.54) is 7.11 Å². The van der Waals surface area contributed by atoms with Gasteiger partial charge in [0.25, 0.3) is 0 Å². The first kappa shape index (κ1) is 21.3. The molecule has 0 saturated heterocycles. The van der Waals surface area contributed by atoms with Crippen LogP contribution in [0.1, 0.15) is 26.3 Å². The summed E-state index contributed by atoms with van der Waals surface area (Å²) in [4.78, 5) is 22.6. The van der Waals surface area contributed by atoms with Crippen molar-refractivity contribution in [1.82, 2.24) is 0 Å². The second-order valence-electron chi connectivity index (χ2n) is 5.96. The Morgan fingerprint density at radius 3 is 1.87 bits per heavy atom. The molecule has 0 fully saturated rings. The molecule has 8 heteroatoms. The number of phenols is 1. The maximum atomic E-state index is 11.3. The Morgan fingerprint density at radius 1 is 0.800 bits per heavy atom. The van der Waals surface area contributed by atoms with Gasteiger partial charge in [-0.2, -0.15) is 0 Å². The lowest BCUT2D eigenvalue weighted by Gasteiger charge is -2.19. The summed E-state index contributed by atoms with van der Waals surface area (Å²) in [5.74, 6) is 0.797. The molecular formula is C22H19O7P. The van der Waals surface area contributed by atoms with Crippen LogP contribution < -0.4 is 13.8 Å². The van der Waals surface area contributed by atoms with Crippen LogP contribution in [0, 0.1) is 0 Å². The average Bonchev–Trinajstić information content (AvgIpc) is 2.79. The van der Waals surface area contributed by atoms with Crippen LogP contribution >= 0.6 is 8.60 Å². The van der Waals surface area contributed by atoms with E-state index in [0.717, 1.165) is 0 Å². The van der Waals surface area contributed by atoms with Crippen molar-refractivity contribution >= 4 is 21.2 Å². The Hall–Kier alpha value is -3.41. The molecule has 1 N–H and O–H groups in total. The second kappa shape index (κ2) is 10.4. The Kier molecular flexibility index (Phi) is 7.38. The van der Waals surface area contributed by atoms with Crippen molar-refractivity contribution in [1.29, 1.82) is 0 Å². The molecule has 3 aromatic carbocycles. The number of carbonyl (C=O) groups excluding carboxylic acids is 2. The molecular weight excluding hydrogens is 407 g/mol. The summed E-state index contributed by atoms with van der Waals surface area (Å²) in [6, 6.07) is 18.3. The van der Waals surface area contributed by atoms with Gasteiger partial charge in [-0.3, -0.25) is 14.1 Å². The lowest BCUT2D eigenvalue weighted by Crippen LogP contribution is -2.03. The fourth-order valence-electron chi connectivity index (χ4n) is 2.53. The van der Waals surface area contributed by atoms with Gasteiger partial charge in [0.2, 0.25) is 0 Å². The monoisotopic (exact) mass is 426 g/mol. The molecule has 0 unspecified atom stereocenters. The van der Waals surface area contributed by atoms with Crippen LogP contribution in [0.15, 0.2) is 66.7 Å². The number of carbonyl (C=O) groups is 2. The quantitative estimate of drug-likeness (QED) is 0.363. The number of para-hydroxylation sites is 3. The smallest absolute Gasteiger partial charge is 0.463 e. The first-order valence-electron chi connectivity index (χ1n) is 8.88. The summed E-state index contributed by atoms with van der Waals surface area (Å²) in [5, 5.41) is 10.3. The van der Waals surface area contributed by atoms with Crippen molar-refractivity contribution < 1.29 is 33.0 Å². The van der Waals surface area contributed by atoms with Crippen LogP contribution in [0.4, 0.5) is 0 Å². The van der Waals surface area contributed by atoms with Gasteiger partial charge in [0.15, 0.2) is 24.1 Å². The molecule has 0 atom stereocenters. The highest BCUT2D eigenvalue weighted by atomic mass is 31.2. The summed E-state index contributed by atoms with van der Waals surface area (Å²) in [5.41, 5.74) is 1.11. The molecule has 0 aromatic heterocycles. The normalized spacial score (nSPS) is 10.5. The topological polar surface area (TPSA) is 91.3 Å². The lowest BCUT2D eigenvalue weighted by atomic mass is 10.2. The van der Waals surface area contributed by atoms with Crippen LogP contribution in [-0.2, 0) is 11.1 Å². The summed E-state index contributed by atoms with van der Waals surface area (Å²) < 4.78 is 22.5. The summed E-state index contributed by atoms with van der Waals surface area (Å²) in [6.07, 6.45) is 1.33. The molecule has 0 aliphatic rings. The molecule has 0 spiro atoms. The zero-order valence-corrected chi connectivity index (χ0v) is 17.0. The molecule has 0 amide bonds. The van der Waals surface area contributed by atoms with Crippen LogP contribution in [0.2, 0.25) is 0 Å². The zero-order chi connectivity index (χ0) is 21.3. The lowest BCUT2D eigenvalue weighted by molar-refractivity contribution is 0.111. The number of methoxy groups -OCH3 is 1. The Labute approximate surface area is 174 Å². The maximum Gasteiger partial charge on any atom is 0.463 e. The predicted octanol–water partition coefficient (Wildman–Crippen LogP) is 4.93. The first-order chi connectivity index (χ1) is 14.7. The number of phenolic OH excluding ortho intramolecular Hbond substituents is 1. The molecule has 7 nitrogen and oxygen atoms in total. The minimum atomic E-state index is -2.08. The fourth-order valence-corrected chi connectivity index (χ4v) is 3.57. The Morgan fingerprint density at radius 2 is 1.33 bits per heavy atom. The van der Waals surface area contributed by atoms with Crippen molar-refractivity contribution in [2.75, 3.05) is 7.11 Å². The number of ether oxygens (including phenoxy) is 1. The maximum absolute atomic E-state index is 11.3. The summed E-state index contributed by atoms with van der Waals surface area (Å²) in [6.45, 7) is -0.0543. The van der Waals surface area contributed by atoms with Gasteiger partial charge in [-0.1, -0.05) is 36.4 Å². The first-order valence-corrected chi connectivity index (χ1v) is 9.98. The van der Waals surface area contributed by atoms with Gasteiger partial charge in [0, 0.05) is 5.56 Å². The van der Waals surface area contributed by atoms with E-state index >= 15 is 0 Å². The van der Waals surface area contributed by atoms with Crippen molar-refractivity contribution in [2.24, 2.45) is 0 Å². The van der Waals surface area contributed by atoms with Crippen molar-refractivity contribution in [2.45, 2.75) is 6.61 Å². The van der Waals surface area contributed by atoms with E-state index < -0.39 is 8.60 Å². The molecule has 30 heavy (non-hydrogen) atoms. The van der Waals surface area contributed by atoms with E-state index in [4.69, 9.17) is 18.3 Å². The van der Waals surface area contributed by atoms with E-state index in [-0.39, 0.29) is 23.9 Å². The fraction of sp³-hybridized carbons (Fsp3) is 0.0909. The highest BCUT2D eigenvalue weighted by molar-refractivity contribution is 7.42. The number of hydrogen-bond donors (Lipinski definition) is 1. The Bertz CT molecular complexity index is 968. The van der Waals surface area contributed by atoms with E-state index in [1.807, 2.05) is 0 Å². The van der Waals surface area contributed by atoms with Gasteiger partial charge < -0.3 is 18.9 Å². The van der Waals surface area contributed by atoms with Gasteiger partial charge in [-0.25, -0.2) is 0 Å². The number of rotatable bonds is 10. The van der Waals surface area contributed by atoms with Crippen molar-refractivity contribution in [3.63, 3.8) is 0 Å². The van der Waals surface area contributed by atoms with Gasteiger partial charge in [-0.05, 0) is 30.3 Å². The average molecular weight is 426 g/mol. The molecule has 3 aromatic rings. The van der Waals surface area contributed by atoms with Gasteiger partial charge in [-0.15, -0.1) is 0 Å². The van der Waals surface area contributed by atoms with E-state index in [2.05, 4.69) is 0 Å². The van der Waals surface area contributed by atoms with Crippen LogP contribution in [0.25, 0.3) is 0 Å². The third kappa shape index (κ3) is 5.14. The van der Waals surface area contributed by atoms with E-state index in [0.29, 0.717) is 35.0 Å². The molecule has 3 rings (SSSR count). The largest absolute Gasteiger partial charge is 0.504 e. The predicted molar refractivity (Wildman–Crippen MR) is 111 cm³/mol. The van der Waals surface area contributed by atoms with E-state index in [1.54, 1.807) is 66.7 Å². The number of aldehydes is 2. The molecule has 0 heterocycles.